The zero-order valence-electron chi connectivity index (χ0n) is 21.0. The summed E-state index contributed by atoms with van der Waals surface area (Å²) in [6.07, 6.45) is -0.407. The lowest BCUT2D eigenvalue weighted by Gasteiger charge is -2.63. The molecule has 0 N–H and O–H groups in total. The van der Waals surface area contributed by atoms with Gasteiger partial charge >= 0.3 is 41.6 Å². The maximum Gasteiger partial charge on any atom is 0.376 e. The summed E-state index contributed by atoms with van der Waals surface area (Å²) < 4.78 is 160. The Hall–Kier alpha value is -2.10. The van der Waals surface area contributed by atoms with Crippen LogP contribution in [0.4, 0.5) is 43.9 Å². The minimum atomic E-state index is -5.77. The first-order chi connectivity index (χ1) is 18.1. The highest BCUT2D eigenvalue weighted by Crippen LogP contribution is 2.66. The monoisotopic (exact) mass is 600 g/mol. The number of alkyl halides is 10. The van der Waals surface area contributed by atoms with Crippen molar-refractivity contribution in [2.24, 2.45) is 23.2 Å². The molecule has 1 spiro atoms. The smallest absolute Gasteiger partial charge is 0.376 e. The van der Waals surface area contributed by atoms with Crippen molar-refractivity contribution in [2.75, 3.05) is 26.4 Å². The largest absolute Gasteiger partial charge is 0.459 e. The van der Waals surface area contributed by atoms with Crippen LogP contribution in [-0.2, 0) is 28.5 Å². The van der Waals surface area contributed by atoms with Crippen LogP contribution in [0.5, 0.6) is 0 Å². The van der Waals surface area contributed by atoms with Crippen molar-refractivity contribution >= 4 is 11.9 Å². The quantitative estimate of drug-likeness (QED) is 0.222. The van der Waals surface area contributed by atoms with Gasteiger partial charge in [0.1, 0.15) is 13.2 Å². The highest BCUT2D eigenvalue weighted by Gasteiger charge is 2.76. The molecule has 0 aromatic rings. The van der Waals surface area contributed by atoms with Gasteiger partial charge in [-0.3, -0.25) is 4.79 Å². The van der Waals surface area contributed by atoms with E-state index >= 15 is 0 Å². The number of carbonyl (C=O) groups excluding carboxylic acids is 2. The normalized spacial score (nSPS) is 33.6. The topological polar surface area (TPSA) is 71.1 Å². The number of halogens is 10. The average Bonchev–Trinajstić information content (AvgIpc) is 2.84. The minimum Gasteiger partial charge on any atom is -0.459 e. The molecule has 1 heterocycles. The fourth-order valence-electron chi connectivity index (χ4n) is 6.35. The molecule has 228 valence electrons. The molecule has 2 atom stereocenters. The molecule has 0 amide bonds. The van der Waals surface area contributed by atoms with Gasteiger partial charge in [0.25, 0.3) is 0 Å². The third-order valence-electron chi connectivity index (χ3n) is 8.29. The first kappa shape index (κ1) is 30.8. The first-order valence-corrected chi connectivity index (χ1v) is 12.3. The van der Waals surface area contributed by atoms with Gasteiger partial charge < -0.3 is 18.9 Å². The zero-order valence-corrected chi connectivity index (χ0v) is 21.0. The van der Waals surface area contributed by atoms with E-state index in [2.05, 4.69) is 16.1 Å². The van der Waals surface area contributed by atoms with Crippen molar-refractivity contribution < 1.29 is 72.4 Å². The van der Waals surface area contributed by atoms with Gasteiger partial charge in [0, 0.05) is 17.4 Å². The highest BCUT2D eigenvalue weighted by molar-refractivity contribution is 5.86. The molecule has 1 aliphatic heterocycles. The second-order valence-electron chi connectivity index (χ2n) is 11.2. The number of carbonyl (C=O) groups is 2. The van der Waals surface area contributed by atoms with Crippen LogP contribution in [0.15, 0.2) is 12.2 Å². The van der Waals surface area contributed by atoms with Crippen LogP contribution in [0.25, 0.3) is 0 Å². The standard InChI is InChI=1S/C24H26F10O6/c1-12(2)16(35)37-8-19(25,26)20(27,28)9-38-17(36)18-5-13-3-14(6-18)23(15(4-13)7-18)39-10-21(29,30)24(33,34)22(31,32)11-40-23/h13-15H,1,3-11H2,2H3. The lowest BCUT2D eigenvalue weighted by molar-refractivity contribution is -0.422. The number of esters is 2. The lowest BCUT2D eigenvalue weighted by atomic mass is 9.47. The summed E-state index contributed by atoms with van der Waals surface area (Å²) in [6.45, 7) is -4.06. The van der Waals surface area contributed by atoms with Gasteiger partial charge in [-0.15, -0.1) is 0 Å². The fourth-order valence-corrected chi connectivity index (χ4v) is 6.35. The lowest BCUT2D eigenvalue weighted by Crippen LogP contribution is -2.69. The van der Waals surface area contributed by atoms with E-state index < -0.39 is 91.0 Å². The van der Waals surface area contributed by atoms with Gasteiger partial charge in [0.2, 0.25) is 0 Å². The summed E-state index contributed by atoms with van der Waals surface area (Å²) in [7, 11) is 0. The van der Waals surface area contributed by atoms with Crippen molar-refractivity contribution in [3.8, 4) is 0 Å². The van der Waals surface area contributed by atoms with E-state index in [0.29, 0.717) is 0 Å². The Balaban J connectivity index is 1.48. The Bertz CT molecular complexity index is 1020. The molecule has 5 rings (SSSR count). The third-order valence-corrected chi connectivity index (χ3v) is 8.29. The minimum absolute atomic E-state index is 0.0531. The molecule has 1 saturated heterocycles. The van der Waals surface area contributed by atoms with E-state index in [1.54, 1.807) is 0 Å². The molecule has 40 heavy (non-hydrogen) atoms. The number of hydrogen-bond donors (Lipinski definition) is 0. The van der Waals surface area contributed by atoms with Crippen LogP contribution in [0, 0.1) is 23.2 Å². The predicted molar refractivity (Wildman–Crippen MR) is 112 cm³/mol. The molecule has 2 unspecified atom stereocenters. The van der Waals surface area contributed by atoms with Crippen LogP contribution >= 0.6 is 0 Å². The summed E-state index contributed by atoms with van der Waals surface area (Å²) in [6, 6.07) is 0. The van der Waals surface area contributed by atoms with Crippen molar-refractivity contribution in [3.63, 3.8) is 0 Å². The molecular weight excluding hydrogens is 574 g/mol. The van der Waals surface area contributed by atoms with Crippen LogP contribution in [0.3, 0.4) is 0 Å². The van der Waals surface area contributed by atoms with Gasteiger partial charge in [-0.1, -0.05) is 6.58 Å². The maximum atomic E-state index is 14.3. The van der Waals surface area contributed by atoms with E-state index in [1.165, 1.54) is 0 Å². The van der Waals surface area contributed by atoms with Gasteiger partial charge in [-0.25, -0.2) is 4.79 Å². The molecule has 0 aromatic carbocycles. The Morgan fingerprint density at radius 3 is 1.73 bits per heavy atom. The summed E-state index contributed by atoms with van der Waals surface area (Å²) >= 11 is 0. The Kier molecular flexibility index (Phi) is 7.30. The molecule has 4 aliphatic carbocycles. The fraction of sp³-hybridized carbons (Fsp3) is 0.833. The van der Waals surface area contributed by atoms with Crippen LogP contribution in [0.1, 0.15) is 39.0 Å². The predicted octanol–water partition coefficient (Wildman–Crippen LogP) is 5.39. The van der Waals surface area contributed by atoms with Crippen LogP contribution in [-0.4, -0.2) is 73.8 Å². The molecule has 0 radical (unpaired) electrons. The van der Waals surface area contributed by atoms with E-state index in [0.717, 1.165) is 6.92 Å². The Morgan fingerprint density at radius 2 is 1.27 bits per heavy atom. The van der Waals surface area contributed by atoms with E-state index in [9.17, 15) is 53.5 Å². The molecule has 16 heteroatoms. The maximum absolute atomic E-state index is 14.3. The van der Waals surface area contributed by atoms with E-state index in [1.807, 2.05) is 0 Å². The van der Waals surface area contributed by atoms with Crippen LogP contribution in [0.2, 0.25) is 0 Å². The molecular formula is C24H26F10O6. The van der Waals surface area contributed by atoms with Crippen LogP contribution < -0.4 is 0 Å². The van der Waals surface area contributed by atoms with Crippen molar-refractivity contribution in [2.45, 2.75) is 74.4 Å². The molecule has 4 bridgehead atoms. The van der Waals surface area contributed by atoms with Crippen molar-refractivity contribution in [3.05, 3.63) is 12.2 Å². The molecule has 4 saturated carbocycles. The summed E-state index contributed by atoms with van der Waals surface area (Å²) in [5, 5.41) is 0. The van der Waals surface area contributed by atoms with Gasteiger partial charge in [0.05, 0.1) is 5.41 Å². The molecule has 0 aromatic heterocycles. The van der Waals surface area contributed by atoms with Gasteiger partial charge in [-0.05, 0) is 44.9 Å². The first-order valence-electron chi connectivity index (χ1n) is 12.3. The van der Waals surface area contributed by atoms with Gasteiger partial charge in [0.15, 0.2) is 19.0 Å². The highest BCUT2D eigenvalue weighted by atomic mass is 19.3. The molecule has 6 nitrogen and oxygen atoms in total. The number of hydrogen-bond acceptors (Lipinski definition) is 6. The SMILES string of the molecule is C=C(C)C(=O)OCC(F)(F)C(F)(F)COC(=O)C12CC3CC(C1)C1(OCC(F)(F)C(F)(F)C(F)(F)CO1)C(C3)C2. The van der Waals surface area contributed by atoms with E-state index in [4.69, 9.17) is 9.47 Å². The third kappa shape index (κ3) is 4.75. The van der Waals surface area contributed by atoms with Crippen molar-refractivity contribution in [1.82, 2.24) is 0 Å². The van der Waals surface area contributed by atoms with E-state index in [-0.39, 0.29) is 43.6 Å². The summed E-state index contributed by atoms with van der Waals surface area (Å²) in [5.41, 5.74) is -1.88. The molecule has 5 aliphatic rings. The van der Waals surface area contributed by atoms with Gasteiger partial charge in [-0.2, -0.15) is 43.9 Å². The zero-order chi connectivity index (χ0) is 30.2. The number of ether oxygens (including phenoxy) is 4. The molecule has 5 fully saturated rings. The Morgan fingerprint density at radius 1 is 0.825 bits per heavy atom. The summed E-state index contributed by atoms with van der Waals surface area (Å²) in [5.74, 6) is -33.4. The average molecular weight is 600 g/mol. The second-order valence-corrected chi connectivity index (χ2v) is 11.2. The Labute approximate surface area is 221 Å². The second kappa shape index (κ2) is 9.46. The number of rotatable bonds is 7. The van der Waals surface area contributed by atoms with Crippen molar-refractivity contribution in [1.29, 1.82) is 0 Å². The summed E-state index contributed by atoms with van der Waals surface area (Å²) in [4.78, 5) is 24.3.